The number of benzene rings is 1. The number of carbonyl (C=O) groups excluding carboxylic acids is 2. The fourth-order valence-electron chi connectivity index (χ4n) is 3.34. The van der Waals surface area contributed by atoms with Crippen LogP contribution in [0, 0.1) is 12.8 Å². The van der Waals surface area contributed by atoms with E-state index in [-0.39, 0.29) is 41.3 Å². The number of piperidine rings is 1. The molecule has 3 rings (SSSR count). The van der Waals surface area contributed by atoms with Crippen LogP contribution >= 0.6 is 11.6 Å². The van der Waals surface area contributed by atoms with Gasteiger partial charge in [0.2, 0.25) is 11.8 Å². The van der Waals surface area contributed by atoms with E-state index in [4.69, 9.17) is 11.6 Å². The number of aryl methyl sites for hydroxylation is 1. The molecule has 2 aromatic rings. The number of anilines is 1. The molecule has 0 radical (unpaired) electrons. The molecule has 1 atom stereocenters. The Morgan fingerprint density at radius 1 is 1.20 bits per heavy atom. The highest BCUT2D eigenvalue weighted by atomic mass is 35.5. The summed E-state index contributed by atoms with van der Waals surface area (Å²) in [5.41, 5.74) is 0.969. The lowest BCUT2D eigenvalue weighted by Gasteiger charge is -2.32. The number of sulfone groups is 1. The zero-order valence-electron chi connectivity index (χ0n) is 16.7. The largest absolute Gasteiger partial charge is 0.342 e. The molecule has 0 aliphatic carbocycles. The molecule has 1 aliphatic rings. The zero-order valence-corrected chi connectivity index (χ0v) is 18.2. The van der Waals surface area contributed by atoms with Crippen LogP contribution in [0.4, 0.5) is 5.82 Å². The predicted octanol–water partition coefficient (Wildman–Crippen LogP) is 3.08. The number of hydrogen-bond donors (Lipinski definition) is 1. The normalized spacial score (nSPS) is 16.9. The predicted molar refractivity (Wildman–Crippen MR) is 115 cm³/mol. The first-order valence-corrected chi connectivity index (χ1v) is 11.8. The van der Waals surface area contributed by atoms with Crippen molar-refractivity contribution in [3.05, 3.63) is 53.2 Å². The topological polar surface area (TPSA) is 96.4 Å². The molecule has 7 nitrogen and oxygen atoms in total. The van der Waals surface area contributed by atoms with Gasteiger partial charge >= 0.3 is 0 Å². The number of pyridine rings is 1. The average molecular weight is 450 g/mol. The SMILES string of the molecule is Cc1ccc(S(=O)(=O)CCC(=O)N2CCCC(C(=O)Nc3ccc(Cl)cn3)C2)cc1. The Kier molecular flexibility index (Phi) is 7.10. The summed E-state index contributed by atoms with van der Waals surface area (Å²) in [5.74, 6) is -0.690. The monoisotopic (exact) mass is 449 g/mol. The first-order valence-electron chi connectivity index (χ1n) is 9.74. The molecule has 1 N–H and O–H groups in total. The minimum atomic E-state index is -3.53. The van der Waals surface area contributed by atoms with Crippen molar-refractivity contribution >= 4 is 39.1 Å². The molecular formula is C21H24ClN3O4S. The maximum Gasteiger partial charge on any atom is 0.230 e. The van der Waals surface area contributed by atoms with E-state index >= 15 is 0 Å². The van der Waals surface area contributed by atoms with E-state index in [9.17, 15) is 18.0 Å². The molecule has 1 fully saturated rings. The van der Waals surface area contributed by atoms with Gasteiger partial charge in [-0.3, -0.25) is 9.59 Å². The fraction of sp³-hybridized carbons (Fsp3) is 0.381. The van der Waals surface area contributed by atoms with Crippen molar-refractivity contribution in [3.63, 3.8) is 0 Å². The first-order chi connectivity index (χ1) is 14.2. The van der Waals surface area contributed by atoms with Crippen LogP contribution in [0.5, 0.6) is 0 Å². The molecule has 0 bridgehead atoms. The number of aromatic nitrogens is 1. The quantitative estimate of drug-likeness (QED) is 0.730. The highest BCUT2D eigenvalue weighted by Crippen LogP contribution is 2.20. The van der Waals surface area contributed by atoms with Gasteiger partial charge in [-0.2, -0.15) is 0 Å². The van der Waals surface area contributed by atoms with Crippen molar-refractivity contribution in [3.8, 4) is 0 Å². The Labute approximate surface area is 181 Å². The molecular weight excluding hydrogens is 426 g/mol. The molecule has 0 saturated carbocycles. The van der Waals surface area contributed by atoms with Gasteiger partial charge in [0.25, 0.3) is 0 Å². The van der Waals surface area contributed by atoms with Gasteiger partial charge in [0.15, 0.2) is 9.84 Å². The van der Waals surface area contributed by atoms with E-state index in [2.05, 4.69) is 10.3 Å². The summed E-state index contributed by atoms with van der Waals surface area (Å²) in [7, 11) is -3.53. The molecule has 1 saturated heterocycles. The van der Waals surface area contributed by atoms with E-state index in [1.54, 1.807) is 41.3 Å². The number of likely N-dealkylation sites (tertiary alicyclic amines) is 1. The third-order valence-corrected chi connectivity index (χ3v) is 7.04. The number of hydrogen-bond acceptors (Lipinski definition) is 5. The van der Waals surface area contributed by atoms with Crippen molar-refractivity contribution in [1.82, 2.24) is 9.88 Å². The highest BCUT2D eigenvalue weighted by molar-refractivity contribution is 7.91. The Morgan fingerprint density at radius 2 is 1.93 bits per heavy atom. The van der Waals surface area contributed by atoms with Gasteiger partial charge in [0.05, 0.1) is 21.6 Å². The van der Waals surface area contributed by atoms with Gasteiger partial charge in [-0.1, -0.05) is 29.3 Å². The number of halogens is 1. The smallest absolute Gasteiger partial charge is 0.230 e. The Bertz CT molecular complexity index is 1010. The van der Waals surface area contributed by atoms with Crippen LogP contribution in [-0.4, -0.2) is 49.0 Å². The lowest BCUT2D eigenvalue weighted by atomic mass is 9.97. The maximum absolute atomic E-state index is 12.6. The van der Waals surface area contributed by atoms with E-state index in [1.165, 1.54) is 6.20 Å². The van der Waals surface area contributed by atoms with Crippen molar-refractivity contribution in [1.29, 1.82) is 0 Å². The highest BCUT2D eigenvalue weighted by Gasteiger charge is 2.29. The summed E-state index contributed by atoms with van der Waals surface area (Å²) in [5, 5.41) is 3.21. The van der Waals surface area contributed by atoms with Crippen LogP contribution in [0.25, 0.3) is 0 Å². The summed E-state index contributed by atoms with van der Waals surface area (Å²) in [4.78, 5) is 31.0. The molecule has 2 amide bonds. The van der Waals surface area contributed by atoms with Gasteiger partial charge in [-0.15, -0.1) is 0 Å². The lowest BCUT2D eigenvalue weighted by Crippen LogP contribution is -2.44. The van der Waals surface area contributed by atoms with Gasteiger partial charge in [-0.25, -0.2) is 13.4 Å². The van der Waals surface area contributed by atoms with E-state index in [0.717, 1.165) is 5.56 Å². The van der Waals surface area contributed by atoms with Crippen molar-refractivity contribution in [2.45, 2.75) is 31.1 Å². The molecule has 1 aromatic heterocycles. The van der Waals surface area contributed by atoms with Crippen LogP contribution < -0.4 is 5.32 Å². The van der Waals surface area contributed by atoms with Crippen molar-refractivity contribution < 1.29 is 18.0 Å². The van der Waals surface area contributed by atoms with E-state index in [1.807, 2.05) is 6.92 Å². The second-order valence-electron chi connectivity index (χ2n) is 7.41. The minimum absolute atomic E-state index is 0.108. The Balaban J connectivity index is 1.55. The summed E-state index contributed by atoms with van der Waals surface area (Å²) >= 11 is 5.80. The Morgan fingerprint density at radius 3 is 2.60 bits per heavy atom. The van der Waals surface area contributed by atoms with Crippen LogP contribution in [0.3, 0.4) is 0 Å². The van der Waals surface area contributed by atoms with E-state index < -0.39 is 9.84 Å². The molecule has 30 heavy (non-hydrogen) atoms. The van der Waals surface area contributed by atoms with E-state index in [0.29, 0.717) is 30.2 Å². The van der Waals surface area contributed by atoms with Crippen LogP contribution in [0.1, 0.15) is 24.8 Å². The average Bonchev–Trinajstić information content (AvgIpc) is 2.74. The minimum Gasteiger partial charge on any atom is -0.342 e. The second kappa shape index (κ2) is 9.57. The lowest BCUT2D eigenvalue weighted by molar-refractivity contribution is -0.134. The van der Waals surface area contributed by atoms with Gasteiger partial charge < -0.3 is 10.2 Å². The number of nitrogens with one attached hydrogen (secondary N) is 1. The number of nitrogens with zero attached hydrogens (tertiary/aromatic N) is 2. The molecule has 1 aromatic carbocycles. The number of carbonyl (C=O) groups is 2. The molecule has 160 valence electrons. The van der Waals surface area contributed by atoms with Crippen LogP contribution in [-0.2, 0) is 19.4 Å². The maximum atomic E-state index is 12.6. The van der Waals surface area contributed by atoms with Crippen LogP contribution in [0.15, 0.2) is 47.5 Å². The van der Waals surface area contributed by atoms with Crippen molar-refractivity contribution in [2.75, 3.05) is 24.2 Å². The Hall–Kier alpha value is -2.45. The summed E-state index contributed by atoms with van der Waals surface area (Å²) in [6.07, 6.45) is 2.68. The molecule has 9 heteroatoms. The summed E-state index contributed by atoms with van der Waals surface area (Å²) in [6, 6.07) is 9.83. The molecule has 1 unspecified atom stereocenters. The standard InChI is InChI=1S/C21H24ClN3O4S/c1-15-4-7-18(8-5-15)30(28,29)12-10-20(26)25-11-2-3-16(14-25)21(27)24-19-9-6-17(22)13-23-19/h4-9,13,16H,2-3,10-12,14H2,1H3,(H,23,24,27). The fourth-order valence-corrected chi connectivity index (χ4v) is 4.68. The zero-order chi connectivity index (χ0) is 21.7. The molecule has 2 heterocycles. The summed E-state index contributed by atoms with van der Waals surface area (Å²) in [6.45, 7) is 2.67. The molecule has 0 spiro atoms. The third-order valence-electron chi connectivity index (χ3n) is 5.09. The summed E-state index contributed by atoms with van der Waals surface area (Å²) < 4.78 is 25.0. The number of rotatable bonds is 6. The van der Waals surface area contributed by atoms with Gasteiger partial charge in [0, 0.05) is 25.7 Å². The van der Waals surface area contributed by atoms with Crippen LogP contribution in [0.2, 0.25) is 5.02 Å². The first kappa shape index (κ1) is 22.2. The number of amides is 2. The third kappa shape index (κ3) is 5.79. The van der Waals surface area contributed by atoms with Gasteiger partial charge in [-0.05, 0) is 44.0 Å². The second-order valence-corrected chi connectivity index (χ2v) is 9.96. The molecule has 1 aliphatic heterocycles. The van der Waals surface area contributed by atoms with Crippen molar-refractivity contribution in [2.24, 2.45) is 5.92 Å². The van der Waals surface area contributed by atoms with Gasteiger partial charge in [0.1, 0.15) is 5.82 Å².